The summed E-state index contributed by atoms with van der Waals surface area (Å²) in [6.07, 6.45) is 1.32. The molecule has 0 atom stereocenters. The Morgan fingerprint density at radius 3 is 2.76 bits per heavy atom. The highest BCUT2D eigenvalue weighted by Gasteiger charge is 2.15. The zero-order valence-corrected chi connectivity index (χ0v) is 12.6. The van der Waals surface area contributed by atoms with Crippen molar-refractivity contribution in [3.63, 3.8) is 0 Å². The molecule has 0 unspecified atom stereocenters. The number of carboxylic acid groups (broad SMARTS) is 1. The molecule has 1 aliphatic heterocycles. The molecule has 1 N–H and O–H groups in total. The number of hydrogen-bond donors (Lipinski definition) is 1. The Labute approximate surface area is 128 Å². The van der Waals surface area contributed by atoms with E-state index in [1.807, 2.05) is 11.0 Å². The van der Waals surface area contributed by atoms with Gasteiger partial charge in [0.25, 0.3) is 0 Å². The summed E-state index contributed by atoms with van der Waals surface area (Å²) in [4.78, 5) is 25.6. The molecule has 21 heavy (non-hydrogen) atoms. The van der Waals surface area contributed by atoms with Crippen molar-refractivity contribution in [3.05, 3.63) is 29.8 Å². The molecule has 1 amide bonds. The van der Waals surface area contributed by atoms with E-state index < -0.39 is 5.97 Å². The SMILES string of the molecule is O=C(O)c1cccc(SCCCC(=O)N2CCOCC2)c1. The minimum atomic E-state index is -0.917. The number of ether oxygens (including phenoxy) is 1. The van der Waals surface area contributed by atoms with E-state index in [9.17, 15) is 9.59 Å². The number of carbonyl (C=O) groups excluding carboxylic acids is 1. The fourth-order valence-electron chi connectivity index (χ4n) is 2.10. The molecule has 2 rings (SSSR count). The molecular formula is C15H19NO4S. The van der Waals surface area contributed by atoms with Crippen molar-refractivity contribution in [3.8, 4) is 0 Å². The molecule has 1 aromatic carbocycles. The first-order valence-electron chi connectivity index (χ1n) is 6.98. The number of benzene rings is 1. The van der Waals surface area contributed by atoms with Crippen LogP contribution in [-0.2, 0) is 9.53 Å². The first kappa shape index (κ1) is 15.9. The summed E-state index contributed by atoms with van der Waals surface area (Å²) in [6.45, 7) is 2.63. The van der Waals surface area contributed by atoms with E-state index in [1.54, 1.807) is 30.0 Å². The molecule has 1 aromatic rings. The van der Waals surface area contributed by atoms with Gasteiger partial charge in [0.2, 0.25) is 5.91 Å². The lowest BCUT2D eigenvalue weighted by molar-refractivity contribution is -0.135. The van der Waals surface area contributed by atoms with Gasteiger partial charge in [-0.05, 0) is 30.4 Å². The smallest absolute Gasteiger partial charge is 0.335 e. The maximum Gasteiger partial charge on any atom is 0.335 e. The lowest BCUT2D eigenvalue weighted by Crippen LogP contribution is -2.40. The highest BCUT2D eigenvalue weighted by Crippen LogP contribution is 2.20. The fourth-order valence-corrected chi connectivity index (χ4v) is 3.01. The van der Waals surface area contributed by atoms with E-state index in [0.717, 1.165) is 17.1 Å². The predicted molar refractivity (Wildman–Crippen MR) is 80.8 cm³/mol. The maximum atomic E-state index is 11.9. The monoisotopic (exact) mass is 309 g/mol. The Kier molecular flexibility index (Phi) is 6.07. The number of carboxylic acids is 1. The van der Waals surface area contributed by atoms with Crippen LogP contribution in [0.1, 0.15) is 23.2 Å². The molecule has 0 radical (unpaired) electrons. The number of amides is 1. The molecule has 0 aromatic heterocycles. The zero-order chi connectivity index (χ0) is 15.1. The van der Waals surface area contributed by atoms with Gasteiger partial charge in [0.15, 0.2) is 0 Å². The van der Waals surface area contributed by atoms with Crippen LogP contribution in [0.15, 0.2) is 29.2 Å². The molecule has 114 valence electrons. The summed E-state index contributed by atoms with van der Waals surface area (Å²) in [5, 5.41) is 8.93. The fraction of sp³-hybridized carbons (Fsp3) is 0.467. The summed E-state index contributed by atoms with van der Waals surface area (Å²) in [5.74, 6) is 0.0669. The van der Waals surface area contributed by atoms with Crippen molar-refractivity contribution < 1.29 is 19.4 Å². The minimum Gasteiger partial charge on any atom is -0.478 e. The largest absolute Gasteiger partial charge is 0.478 e. The lowest BCUT2D eigenvalue weighted by Gasteiger charge is -2.26. The molecule has 5 nitrogen and oxygen atoms in total. The molecule has 1 fully saturated rings. The van der Waals surface area contributed by atoms with Crippen LogP contribution in [0.4, 0.5) is 0 Å². The van der Waals surface area contributed by atoms with Crippen LogP contribution in [0.3, 0.4) is 0 Å². The topological polar surface area (TPSA) is 66.8 Å². The first-order chi connectivity index (χ1) is 10.2. The average molecular weight is 309 g/mol. The highest BCUT2D eigenvalue weighted by molar-refractivity contribution is 7.99. The van der Waals surface area contributed by atoms with Crippen molar-refractivity contribution in [1.82, 2.24) is 4.90 Å². The Balaban J connectivity index is 1.70. The number of morpholine rings is 1. The van der Waals surface area contributed by atoms with E-state index in [-0.39, 0.29) is 5.91 Å². The molecule has 6 heteroatoms. The normalized spacial score (nSPS) is 15.0. The van der Waals surface area contributed by atoms with Gasteiger partial charge in [0.1, 0.15) is 0 Å². The van der Waals surface area contributed by atoms with E-state index in [4.69, 9.17) is 9.84 Å². The average Bonchev–Trinajstić information content (AvgIpc) is 2.52. The second kappa shape index (κ2) is 8.05. The Morgan fingerprint density at radius 1 is 1.29 bits per heavy atom. The van der Waals surface area contributed by atoms with Gasteiger partial charge in [-0.3, -0.25) is 4.79 Å². The maximum absolute atomic E-state index is 11.9. The molecule has 0 spiro atoms. The van der Waals surface area contributed by atoms with Crippen LogP contribution in [0.2, 0.25) is 0 Å². The summed E-state index contributed by atoms with van der Waals surface area (Å²) < 4.78 is 5.22. The third kappa shape index (κ3) is 5.06. The number of carbonyl (C=O) groups is 2. The summed E-state index contributed by atoms with van der Waals surface area (Å²) >= 11 is 1.58. The van der Waals surface area contributed by atoms with Gasteiger partial charge in [-0.25, -0.2) is 4.79 Å². The number of thioether (sulfide) groups is 1. The molecular weight excluding hydrogens is 290 g/mol. The Hall–Kier alpha value is -1.53. The quantitative estimate of drug-likeness (QED) is 0.644. The minimum absolute atomic E-state index is 0.179. The second-order valence-electron chi connectivity index (χ2n) is 4.78. The van der Waals surface area contributed by atoms with Crippen LogP contribution in [0, 0.1) is 0 Å². The van der Waals surface area contributed by atoms with Crippen molar-refractivity contribution >= 4 is 23.6 Å². The van der Waals surface area contributed by atoms with E-state index in [0.29, 0.717) is 38.3 Å². The zero-order valence-electron chi connectivity index (χ0n) is 11.8. The van der Waals surface area contributed by atoms with Gasteiger partial charge < -0.3 is 14.7 Å². The van der Waals surface area contributed by atoms with Crippen LogP contribution >= 0.6 is 11.8 Å². The molecule has 1 saturated heterocycles. The number of aromatic carboxylic acids is 1. The Bertz CT molecular complexity index is 500. The summed E-state index contributed by atoms with van der Waals surface area (Å²) in [6, 6.07) is 6.87. The van der Waals surface area contributed by atoms with Crippen LogP contribution in [0.5, 0.6) is 0 Å². The number of nitrogens with zero attached hydrogens (tertiary/aromatic N) is 1. The van der Waals surface area contributed by atoms with E-state index in [2.05, 4.69) is 0 Å². The first-order valence-corrected chi connectivity index (χ1v) is 7.97. The van der Waals surface area contributed by atoms with Crippen LogP contribution in [-0.4, -0.2) is 53.9 Å². The molecule has 0 bridgehead atoms. The van der Waals surface area contributed by atoms with E-state index >= 15 is 0 Å². The molecule has 1 heterocycles. The molecule has 0 aliphatic carbocycles. The highest BCUT2D eigenvalue weighted by atomic mass is 32.2. The summed E-state index contributed by atoms with van der Waals surface area (Å²) in [7, 11) is 0. The van der Waals surface area contributed by atoms with Gasteiger partial charge >= 0.3 is 5.97 Å². The number of rotatable bonds is 6. The van der Waals surface area contributed by atoms with Crippen molar-refractivity contribution in [1.29, 1.82) is 0 Å². The molecule has 0 saturated carbocycles. The molecule has 1 aliphatic rings. The summed E-state index contributed by atoms with van der Waals surface area (Å²) in [5.41, 5.74) is 0.296. The van der Waals surface area contributed by atoms with Crippen molar-refractivity contribution in [2.24, 2.45) is 0 Å². The third-order valence-electron chi connectivity index (χ3n) is 3.25. The van der Waals surface area contributed by atoms with Gasteiger partial charge in [-0.1, -0.05) is 6.07 Å². The van der Waals surface area contributed by atoms with Crippen LogP contribution < -0.4 is 0 Å². The van der Waals surface area contributed by atoms with Gasteiger partial charge in [-0.2, -0.15) is 0 Å². The van der Waals surface area contributed by atoms with Crippen molar-refractivity contribution in [2.45, 2.75) is 17.7 Å². The van der Waals surface area contributed by atoms with Crippen molar-refractivity contribution in [2.75, 3.05) is 32.1 Å². The van der Waals surface area contributed by atoms with Crippen LogP contribution in [0.25, 0.3) is 0 Å². The second-order valence-corrected chi connectivity index (χ2v) is 5.95. The predicted octanol–water partition coefficient (Wildman–Crippen LogP) is 2.12. The van der Waals surface area contributed by atoms with Gasteiger partial charge in [-0.15, -0.1) is 11.8 Å². The third-order valence-corrected chi connectivity index (χ3v) is 4.33. The lowest BCUT2D eigenvalue weighted by atomic mass is 10.2. The standard InChI is InChI=1S/C15H19NO4S/c17-14(16-6-8-20-9-7-16)5-2-10-21-13-4-1-3-12(11-13)15(18)19/h1,3-4,11H,2,5-10H2,(H,18,19). The van der Waals surface area contributed by atoms with Gasteiger partial charge in [0.05, 0.1) is 18.8 Å². The Morgan fingerprint density at radius 2 is 2.05 bits per heavy atom. The van der Waals surface area contributed by atoms with Gasteiger partial charge in [0, 0.05) is 24.4 Å². The number of hydrogen-bond acceptors (Lipinski definition) is 4. The van der Waals surface area contributed by atoms with E-state index in [1.165, 1.54) is 0 Å².